The fourth-order valence-electron chi connectivity index (χ4n) is 4.87. The smallest absolute Gasteiger partial charge is 0.353 e. The molecule has 5 rings (SSSR count). The molecule has 1 saturated heterocycles. The lowest BCUT2D eigenvalue weighted by Crippen LogP contribution is -2.51. The number of rotatable bonds is 5. The van der Waals surface area contributed by atoms with Crippen molar-refractivity contribution in [3.8, 4) is 11.4 Å². The maximum absolute atomic E-state index is 13.3. The molecule has 0 atom stereocenters. The third kappa shape index (κ3) is 5.08. The second-order valence-electron chi connectivity index (χ2n) is 9.62. The second kappa shape index (κ2) is 9.91. The van der Waals surface area contributed by atoms with E-state index in [4.69, 9.17) is 4.98 Å². The van der Waals surface area contributed by atoms with Crippen LogP contribution in [0.5, 0.6) is 0 Å². The lowest BCUT2D eigenvalue weighted by Gasteiger charge is -2.39. The molecule has 0 spiro atoms. The topological polar surface area (TPSA) is 49.3 Å². The Bertz CT molecular complexity index is 1230. The number of carbonyl (C=O) groups excluding carboxylic acids is 1. The lowest BCUT2D eigenvalue weighted by molar-refractivity contribution is -0.138. The van der Waals surface area contributed by atoms with Crippen molar-refractivity contribution in [2.24, 2.45) is 5.92 Å². The molecule has 2 aliphatic rings. The van der Waals surface area contributed by atoms with Crippen molar-refractivity contribution in [2.75, 3.05) is 31.1 Å². The Balaban J connectivity index is 1.48. The Kier molecular flexibility index (Phi) is 6.69. The van der Waals surface area contributed by atoms with Gasteiger partial charge in [-0.2, -0.15) is 13.2 Å². The molecule has 3 aromatic rings. The first-order chi connectivity index (χ1) is 17.3. The predicted octanol–water partition coefficient (Wildman–Crippen LogP) is 5.51. The minimum absolute atomic E-state index is 0.166. The highest BCUT2D eigenvalue weighted by Crippen LogP contribution is 2.34. The van der Waals surface area contributed by atoms with Gasteiger partial charge in [-0.25, -0.2) is 9.97 Å². The fraction of sp³-hybridized carbons (Fsp3) is 0.393. The summed E-state index contributed by atoms with van der Waals surface area (Å²) in [6, 6.07) is 15.2. The number of amides is 1. The van der Waals surface area contributed by atoms with Crippen molar-refractivity contribution in [2.45, 2.75) is 38.8 Å². The molecule has 1 aliphatic carbocycles. The highest BCUT2D eigenvalue weighted by molar-refractivity contribution is 5.80. The van der Waals surface area contributed by atoms with Crippen LogP contribution in [0.1, 0.15) is 41.6 Å². The van der Waals surface area contributed by atoms with Gasteiger partial charge < -0.3 is 9.80 Å². The first-order valence-electron chi connectivity index (χ1n) is 12.4. The van der Waals surface area contributed by atoms with E-state index in [9.17, 15) is 18.0 Å². The maximum Gasteiger partial charge on any atom is 0.416 e. The Morgan fingerprint density at radius 1 is 0.972 bits per heavy atom. The molecule has 1 aromatic heterocycles. The molecule has 1 saturated carbocycles. The van der Waals surface area contributed by atoms with Crippen LogP contribution in [0.15, 0.2) is 54.6 Å². The van der Waals surface area contributed by atoms with Crippen molar-refractivity contribution >= 4 is 11.7 Å². The molecular weight excluding hydrogens is 465 g/mol. The zero-order chi connectivity index (χ0) is 25.3. The molecule has 36 heavy (non-hydrogen) atoms. The molecule has 188 valence electrons. The second-order valence-corrected chi connectivity index (χ2v) is 9.62. The van der Waals surface area contributed by atoms with Gasteiger partial charge in [-0.1, -0.05) is 48.9 Å². The van der Waals surface area contributed by atoms with Crippen LogP contribution in [0.4, 0.5) is 19.0 Å². The Morgan fingerprint density at radius 2 is 1.69 bits per heavy atom. The Hall–Kier alpha value is -3.42. The highest BCUT2D eigenvalue weighted by Gasteiger charge is 2.33. The predicted molar refractivity (Wildman–Crippen MR) is 133 cm³/mol. The van der Waals surface area contributed by atoms with Crippen LogP contribution in [-0.2, 0) is 17.4 Å². The van der Waals surface area contributed by atoms with E-state index >= 15 is 0 Å². The van der Waals surface area contributed by atoms with Crippen molar-refractivity contribution in [1.82, 2.24) is 14.9 Å². The third-order valence-electron chi connectivity index (χ3n) is 7.21. The van der Waals surface area contributed by atoms with Gasteiger partial charge in [0.15, 0.2) is 5.82 Å². The summed E-state index contributed by atoms with van der Waals surface area (Å²) in [6.45, 7) is 4.36. The van der Waals surface area contributed by atoms with Gasteiger partial charge >= 0.3 is 6.18 Å². The summed E-state index contributed by atoms with van der Waals surface area (Å²) in [5, 5.41) is 0. The average molecular weight is 495 g/mol. The number of nitrogens with zero attached hydrogens (tertiary/aromatic N) is 4. The summed E-state index contributed by atoms with van der Waals surface area (Å²) in [6.07, 6.45) is -0.744. The van der Waals surface area contributed by atoms with E-state index in [-0.39, 0.29) is 17.6 Å². The third-order valence-corrected chi connectivity index (χ3v) is 7.21. The van der Waals surface area contributed by atoms with Crippen molar-refractivity contribution in [1.29, 1.82) is 0 Å². The summed E-state index contributed by atoms with van der Waals surface area (Å²) in [5.74, 6) is 1.42. The highest BCUT2D eigenvalue weighted by atomic mass is 19.4. The number of aromatic nitrogens is 2. The summed E-state index contributed by atoms with van der Waals surface area (Å²) in [5.41, 5.74) is 2.41. The Morgan fingerprint density at radius 3 is 2.33 bits per heavy atom. The minimum atomic E-state index is -4.44. The van der Waals surface area contributed by atoms with Gasteiger partial charge in [0.25, 0.3) is 0 Å². The molecule has 2 aromatic carbocycles. The molecule has 2 heterocycles. The van der Waals surface area contributed by atoms with Gasteiger partial charge in [0.05, 0.1) is 5.56 Å². The van der Waals surface area contributed by atoms with Gasteiger partial charge in [-0.3, -0.25) is 4.79 Å². The summed E-state index contributed by atoms with van der Waals surface area (Å²) in [4.78, 5) is 26.3. The lowest BCUT2D eigenvalue weighted by atomic mass is 9.84. The largest absolute Gasteiger partial charge is 0.416 e. The van der Waals surface area contributed by atoms with Gasteiger partial charge in [0, 0.05) is 55.3 Å². The number of hydrogen-bond donors (Lipinski definition) is 0. The molecular formula is C28H29F3N4O. The van der Waals surface area contributed by atoms with E-state index < -0.39 is 11.7 Å². The zero-order valence-electron chi connectivity index (χ0n) is 20.3. The molecule has 0 N–H and O–H groups in total. The van der Waals surface area contributed by atoms with Gasteiger partial charge in [-0.05, 0) is 37.5 Å². The van der Waals surface area contributed by atoms with Crippen LogP contribution in [0, 0.1) is 12.8 Å². The number of benzene rings is 2. The molecule has 8 heteroatoms. The molecule has 0 unspecified atom stereocenters. The Labute approximate surface area is 209 Å². The van der Waals surface area contributed by atoms with Crippen LogP contribution in [0.25, 0.3) is 11.4 Å². The molecule has 0 radical (unpaired) electrons. The van der Waals surface area contributed by atoms with Crippen LogP contribution < -0.4 is 4.90 Å². The first kappa shape index (κ1) is 24.3. The van der Waals surface area contributed by atoms with Crippen LogP contribution in [0.3, 0.4) is 0 Å². The number of piperazine rings is 1. The fourth-order valence-corrected chi connectivity index (χ4v) is 4.87. The zero-order valence-corrected chi connectivity index (χ0v) is 20.3. The van der Waals surface area contributed by atoms with Crippen LogP contribution in [0.2, 0.25) is 0 Å². The number of aryl methyl sites for hydroxylation is 1. The van der Waals surface area contributed by atoms with Gasteiger partial charge in [-0.15, -0.1) is 0 Å². The van der Waals surface area contributed by atoms with Gasteiger partial charge in [0.2, 0.25) is 5.91 Å². The van der Waals surface area contributed by atoms with E-state index in [0.717, 1.165) is 54.0 Å². The number of alkyl halides is 3. The number of hydrogen-bond acceptors (Lipinski definition) is 4. The molecule has 2 fully saturated rings. The molecule has 1 amide bonds. The summed E-state index contributed by atoms with van der Waals surface area (Å²) in [7, 11) is 0. The number of carbonyl (C=O) groups is 1. The van der Waals surface area contributed by atoms with Crippen molar-refractivity contribution < 1.29 is 18.0 Å². The quantitative estimate of drug-likeness (QED) is 0.469. The van der Waals surface area contributed by atoms with E-state index in [1.807, 2.05) is 42.2 Å². The van der Waals surface area contributed by atoms with Gasteiger partial charge in [0.1, 0.15) is 5.82 Å². The summed E-state index contributed by atoms with van der Waals surface area (Å²) >= 11 is 0. The van der Waals surface area contributed by atoms with Crippen LogP contribution >= 0.6 is 0 Å². The number of anilines is 1. The van der Waals surface area contributed by atoms with E-state index in [2.05, 4.69) is 9.88 Å². The van der Waals surface area contributed by atoms with Crippen molar-refractivity contribution in [3.05, 3.63) is 77.0 Å². The maximum atomic E-state index is 13.3. The molecule has 5 nitrogen and oxygen atoms in total. The SMILES string of the molecule is Cc1nc(-c2cccc(C(F)(F)F)c2)nc(N2CCN(C(=O)C3CCC3)CC2)c1Cc1ccccc1. The standard InChI is InChI=1S/C28H29F3N4O/c1-19-24(17-20-7-3-2-4-8-20)26(34-13-15-35(16-14-34)27(36)21-9-5-10-21)33-25(32-19)22-11-6-12-23(18-22)28(29,30)31/h2-4,6-8,11-12,18,21H,5,9-10,13-17H2,1H3. The molecule has 0 bridgehead atoms. The first-order valence-corrected chi connectivity index (χ1v) is 12.4. The molecule has 1 aliphatic heterocycles. The van der Waals surface area contributed by atoms with E-state index in [1.165, 1.54) is 6.07 Å². The van der Waals surface area contributed by atoms with Crippen LogP contribution in [-0.4, -0.2) is 47.0 Å². The van der Waals surface area contributed by atoms with E-state index in [0.29, 0.717) is 38.2 Å². The van der Waals surface area contributed by atoms with E-state index in [1.54, 1.807) is 6.07 Å². The monoisotopic (exact) mass is 494 g/mol. The average Bonchev–Trinajstić information content (AvgIpc) is 2.84. The van der Waals surface area contributed by atoms with Crippen molar-refractivity contribution in [3.63, 3.8) is 0 Å². The normalized spacial score (nSPS) is 16.7. The minimum Gasteiger partial charge on any atom is -0.353 e. The summed E-state index contributed by atoms with van der Waals surface area (Å²) < 4.78 is 40.0. The number of halogens is 3.